The topological polar surface area (TPSA) is 47.6 Å². The van der Waals surface area contributed by atoms with Crippen LogP contribution in [0.3, 0.4) is 0 Å². The Kier molecular flexibility index (Phi) is 5.49. The lowest BCUT2D eigenvalue weighted by atomic mass is 10.1. The first kappa shape index (κ1) is 16.5. The van der Waals surface area contributed by atoms with Gasteiger partial charge in [0.25, 0.3) is 0 Å². The van der Waals surface area contributed by atoms with Crippen LogP contribution in [0.1, 0.15) is 24.5 Å². The Morgan fingerprint density at radius 3 is 2.67 bits per heavy atom. The maximum Gasteiger partial charge on any atom is 0.328 e. The number of carbonyl (C=O) groups is 1. The molecule has 1 heterocycles. The molecule has 1 aliphatic rings. The molecule has 1 aliphatic heterocycles. The third-order valence-electron chi connectivity index (χ3n) is 4.08. The lowest BCUT2D eigenvalue weighted by Gasteiger charge is -2.12. The van der Waals surface area contributed by atoms with E-state index in [9.17, 15) is 4.79 Å². The molecule has 2 atom stereocenters. The summed E-state index contributed by atoms with van der Waals surface area (Å²) in [5.74, 6) is -0.174. The van der Waals surface area contributed by atoms with Gasteiger partial charge in [-0.2, -0.15) is 0 Å². The van der Waals surface area contributed by atoms with Crippen LogP contribution in [0.2, 0.25) is 0 Å². The second-order valence-electron chi connectivity index (χ2n) is 6.17. The van der Waals surface area contributed by atoms with E-state index in [0.29, 0.717) is 19.6 Å². The van der Waals surface area contributed by atoms with Crippen molar-refractivity contribution in [2.45, 2.75) is 38.5 Å². The zero-order valence-corrected chi connectivity index (χ0v) is 13.9. The van der Waals surface area contributed by atoms with Gasteiger partial charge in [0.15, 0.2) is 0 Å². The van der Waals surface area contributed by atoms with E-state index >= 15 is 0 Å². The Morgan fingerprint density at radius 2 is 1.92 bits per heavy atom. The van der Waals surface area contributed by atoms with Gasteiger partial charge in [-0.05, 0) is 36.6 Å². The molecule has 0 spiro atoms. The molecular formula is C20H23NO3. The molecule has 0 aromatic heterocycles. The minimum atomic E-state index is -0.255. The van der Waals surface area contributed by atoms with Crippen molar-refractivity contribution >= 4 is 11.7 Å². The standard InChI is InChI=1S/C20H23NO3/c1-15-12-19(20(22)24-15)21-18-9-5-8-17(13-18)14-23-11-10-16-6-3-2-4-7-16/h2-9,13,15,19,21H,10-12,14H2,1H3/t15-,19+/m0/s1. The lowest BCUT2D eigenvalue weighted by Crippen LogP contribution is -2.24. The molecule has 3 rings (SSSR count). The third kappa shape index (κ3) is 4.59. The first-order chi connectivity index (χ1) is 11.7. The number of cyclic esters (lactones) is 1. The number of hydrogen-bond acceptors (Lipinski definition) is 4. The second-order valence-corrected chi connectivity index (χ2v) is 6.17. The Hall–Kier alpha value is -2.33. The average Bonchev–Trinajstić information content (AvgIpc) is 2.90. The van der Waals surface area contributed by atoms with Crippen molar-refractivity contribution in [2.24, 2.45) is 0 Å². The molecule has 0 saturated carbocycles. The van der Waals surface area contributed by atoms with E-state index in [1.807, 2.05) is 49.4 Å². The molecule has 0 radical (unpaired) electrons. The van der Waals surface area contributed by atoms with Crippen LogP contribution in [0.4, 0.5) is 5.69 Å². The minimum absolute atomic E-state index is 0.0143. The molecule has 1 saturated heterocycles. The predicted octanol–water partition coefficient (Wildman–Crippen LogP) is 3.56. The summed E-state index contributed by atoms with van der Waals surface area (Å²) in [5, 5.41) is 3.25. The van der Waals surface area contributed by atoms with E-state index in [1.54, 1.807) is 0 Å². The fourth-order valence-electron chi connectivity index (χ4n) is 2.85. The Balaban J connectivity index is 1.47. The maximum atomic E-state index is 11.7. The van der Waals surface area contributed by atoms with E-state index in [2.05, 4.69) is 17.4 Å². The van der Waals surface area contributed by atoms with Crippen molar-refractivity contribution < 1.29 is 14.3 Å². The highest BCUT2D eigenvalue weighted by Gasteiger charge is 2.31. The molecule has 1 fully saturated rings. The molecule has 0 aliphatic carbocycles. The van der Waals surface area contributed by atoms with E-state index in [4.69, 9.17) is 9.47 Å². The summed E-state index contributed by atoms with van der Waals surface area (Å²) in [5.41, 5.74) is 3.30. The van der Waals surface area contributed by atoms with Crippen molar-refractivity contribution in [3.63, 3.8) is 0 Å². The van der Waals surface area contributed by atoms with Crippen LogP contribution in [0.25, 0.3) is 0 Å². The third-order valence-corrected chi connectivity index (χ3v) is 4.08. The smallest absolute Gasteiger partial charge is 0.328 e. The number of anilines is 1. The van der Waals surface area contributed by atoms with Crippen LogP contribution >= 0.6 is 0 Å². The summed E-state index contributed by atoms with van der Waals surface area (Å²) in [6.45, 7) is 3.17. The van der Waals surface area contributed by atoms with Crippen LogP contribution in [-0.4, -0.2) is 24.7 Å². The molecule has 4 nitrogen and oxygen atoms in total. The molecule has 4 heteroatoms. The van der Waals surface area contributed by atoms with Crippen molar-refractivity contribution in [1.29, 1.82) is 0 Å². The molecule has 24 heavy (non-hydrogen) atoms. The zero-order valence-electron chi connectivity index (χ0n) is 13.9. The first-order valence-corrected chi connectivity index (χ1v) is 8.38. The van der Waals surface area contributed by atoms with Crippen molar-refractivity contribution in [3.8, 4) is 0 Å². The van der Waals surface area contributed by atoms with Gasteiger partial charge in [0.05, 0.1) is 13.2 Å². The van der Waals surface area contributed by atoms with Gasteiger partial charge in [-0.1, -0.05) is 42.5 Å². The van der Waals surface area contributed by atoms with Gasteiger partial charge in [-0.25, -0.2) is 4.79 Å². The summed E-state index contributed by atoms with van der Waals surface area (Å²) < 4.78 is 10.9. The molecule has 2 aromatic carbocycles. The number of carbonyl (C=O) groups excluding carboxylic acids is 1. The van der Waals surface area contributed by atoms with Gasteiger partial charge in [0.2, 0.25) is 0 Å². The largest absolute Gasteiger partial charge is 0.461 e. The Morgan fingerprint density at radius 1 is 1.12 bits per heavy atom. The molecule has 0 bridgehead atoms. The predicted molar refractivity (Wildman–Crippen MR) is 93.8 cm³/mol. The van der Waals surface area contributed by atoms with E-state index in [-0.39, 0.29) is 18.1 Å². The fraction of sp³-hybridized carbons (Fsp3) is 0.350. The molecule has 2 aromatic rings. The van der Waals surface area contributed by atoms with Crippen LogP contribution in [0, 0.1) is 0 Å². The van der Waals surface area contributed by atoms with Crippen LogP contribution in [0.15, 0.2) is 54.6 Å². The van der Waals surface area contributed by atoms with Crippen molar-refractivity contribution in [3.05, 3.63) is 65.7 Å². The maximum absolute atomic E-state index is 11.7. The minimum Gasteiger partial charge on any atom is -0.461 e. The van der Waals surface area contributed by atoms with Gasteiger partial charge in [-0.3, -0.25) is 0 Å². The van der Waals surface area contributed by atoms with Gasteiger partial charge in [-0.15, -0.1) is 0 Å². The number of rotatable bonds is 7. The molecule has 1 N–H and O–H groups in total. The van der Waals surface area contributed by atoms with E-state index in [0.717, 1.165) is 17.7 Å². The summed E-state index contributed by atoms with van der Waals surface area (Å²) in [6, 6.07) is 18.1. The number of benzene rings is 2. The number of nitrogens with one attached hydrogen (secondary N) is 1. The van der Waals surface area contributed by atoms with E-state index in [1.165, 1.54) is 5.56 Å². The van der Waals surface area contributed by atoms with Crippen LogP contribution in [-0.2, 0) is 27.3 Å². The monoisotopic (exact) mass is 325 g/mol. The lowest BCUT2D eigenvalue weighted by molar-refractivity contribution is -0.141. The quantitative estimate of drug-likeness (QED) is 0.624. The van der Waals surface area contributed by atoms with E-state index < -0.39 is 0 Å². The Bertz CT molecular complexity index is 672. The SMILES string of the molecule is C[C@H]1C[C@@H](Nc2cccc(COCCc3ccccc3)c2)C(=O)O1. The first-order valence-electron chi connectivity index (χ1n) is 8.38. The molecule has 0 amide bonds. The second kappa shape index (κ2) is 7.97. The van der Waals surface area contributed by atoms with Crippen LogP contribution < -0.4 is 5.32 Å². The summed E-state index contributed by atoms with van der Waals surface area (Å²) in [4.78, 5) is 11.7. The summed E-state index contributed by atoms with van der Waals surface area (Å²) in [6.07, 6.45) is 1.60. The summed E-state index contributed by atoms with van der Waals surface area (Å²) in [7, 11) is 0. The zero-order chi connectivity index (χ0) is 16.8. The average molecular weight is 325 g/mol. The van der Waals surface area contributed by atoms with Crippen molar-refractivity contribution in [2.75, 3.05) is 11.9 Å². The highest BCUT2D eigenvalue weighted by molar-refractivity contribution is 5.81. The van der Waals surface area contributed by atoms with Crippen molar-refractivity contribution in [1.82, 2.24) is 0 Å². The molecule has 0 unspecified atom stereocenters. The Labute approximate surface area is 142 Å². The fourth-order valence-corrected chi connectivity index (χ4v) is 2.85. The molecule has 126 valence electrons. The van der Waals surface area contributed by atoms with Crippen LogP contribution in [0.5, 0.6) is 0 Å². The number of ether oxygens (including phenoxy) is 2. The number of hydrogen-bond donors (Lipinski definition) is 1. The number of esters is 1. The summed E-state index contributed by atoms with van der Waals surface area (Å²) >= 11 is 0. The van der Waals surface area contributed by atoms with Gasteiger partial charge in [0.1, 0.15) is 12.1 Å². The van der Waals surface area contributed by atoms with Gasteiger partial charge in [0, 0.05) is 12.1 Å². The highest BCUT2D eigenvalue weighted by atomic mass is 16.6. The van der Waals surface area contributed by atoms with Gasteiger partial charge >= 0.3 is 5.97 Å². The normalized spacial score (nSPS) is 20.0. The highest BCUT2D eigenvalue weighted by Crippen LogP contribution is 2.20. The van der Waals surface area contributed by atoms with Gasteiger partial charge < -0.3 is 14.8 Å². The molecular weight excluding hydrogens is 302 g/mol.